The van der Waals surface area contributed by atoms with Gasteiger partial charge in [-0.3, -0.25) is 14.5 Å². The minimum Gasteiger partial charge on any atom is -0.369 e. The summed E-state index contributed by atoms with van der Waals surface area (Å²) in [4.78, 5) is 33.9. The van der Waals surface area contributed by atoms with Gasteiger partial charge in [0.1, 0.15) is 0 Å². The van der Waals surface area contributed by atoms with Gasteiger partial charge >= 0.3 is 0 Å². The highest BCUT2D eigenvalue weighted by Crippen LogP contribution is 2.28. The Kier molecular flexibility index (Phi) is 6.83. The van der Waals surface area contributed by atoms with Gasteiger partial charge in [-0.2, -0.15) is 4.98 Å². The second-order valence-electron chi connectivity index (χ2n) is 10.8. The summed E-state index contributed by atoms with van der Waals surface area (Å²) >= 11 is 0. The molecule has 4 aromatic rings. The number of carbonyl (C=O) groups is 1. The van der Waals surface area contributed by atoms with E-state index in [1.807, 2.05) is 19.1 Å². The smallest absolute Gasteiger partial charge is 0.281 e. The number of H-pyrrole nitrogens is 1. The molecule has 11 nitrogen and oxygen atoms in total. The van der Waals surface area contributed by atoms with Crippen LogP contribution in [0.1, 0.15) is 36.8 Å². The number of fused-ring (bicyclic) bond motifs is 3. The van der Waals surface area contributed by atoms with E-state index in [1.165, 1.54) is 10.9 Å². The number of amides is 1. The van der Waals surface area contributed by atoms with Gasteiger partial charge in [-0.15, -0.1) is 5.10 Å². The van der Waals surface area contributed by atoms with Crippen molar-refractivity contribution in [2.45, 2.75) is 55.5 Å². The largest absolute Gasteiger partial charge is 0.369 e. The highest BCUT2D eigenvalue weighted by Gasteiger charge is 2.28. The Hall–Kier alpha value is -3.77. The fourth-order valence-corrected chi connectivity index (χ4v) is 7.00. The maximum Gasteiger partial charge on any atom is 0.281 e. The number of benzene rings is 2. The van der Waals surface area contributed by atoms with Gasteiger partial charge in [0.05, 0.1) is 15.8 Å². The Morgan fingerprint density at radius 2 is 1.85 bits per heavy atom. The summed E-state index contributed by atoms with van der Waals surface area (Å²) in [6.07, 6.45) is 3.89. The number of aryl methyl sites for hydroxylation is 2. The molecule has 2 N–H and O–H groups in total. The number of anilines is 1. The van der Waals surface area contributed by atoms with Crippen LogP contribution in [0, 0.1) is 13.8 Å². The lowest BCUT2D eigenvalue weighted by molar-refractivity contribution is -0.122. The number of nitrogens with one attached hydrogen (secondary N) is 2. The van der Waals surface area contributed by atoms with Crippen molar-refractivity contribution < 1.29 is 13.2 Å². The van der Waals surface area contributed by atoms with Crippen LogP contribution in [0.15, 0.2) is 51.1 Å². The molecule has 2 aliphatic rings. The third-order valence-corrected chi connectivity index (χ3v) is 9.87. The Morgan fingerprint density at radius 1 is 1.07 bits per heavy atom. The number of nitrogens with zero attached hydrogens (tertiary/aromatic N) is 5. The molecule has 2 aromatic heterocycles. The number of aromatic nitrogens is 4. The normalized spacial score (nSPS) is 16.9. The van der Waals surface area contributed by atoms with E-state index in [9.17, 15) is 18.0 Å². The Balaban J connectivity index is 1.23. The summed E-state index contributed by atoms with van der Waals surface area (Å²) in [5.74, 6) is 0.128. The van der Waals surface area contributed by atoms with Gasteiger partial charge in [0, 0.05) is 50.9 Å². The summed E-state index contributed by atoms with van der Waals surface area (Å²) in [6.45, 7) is 7.55. The summed E-state index contributed by atoms with van der Waals surface area (Å²) in [5.41, 5.74) is 2.45. The first-order valence-electron chi connectivity index (χ1n) is 13.7. The molecule has 6 rings (SSSR count). The van der Waals surface area contributed by atoms with Crippen molar-refractivity contribution in [3.8, 4) is 0 Å². The molecule has 1 saturated carbocycles. The van der Waals surface area contributed by atoms with Crippen molar-refractivity contribution in [2.75, 3.05) is 37.6 Å². The lowest BCUT2D eigenvalue weighted by Crippen LogP contribution is -2.48. The number of piperazine rings is 1. The van der Waals surface area contributed by atoms with Crippen LogP contribution in [0.2, 0.25) is 0 Å². The summed E-state index contributed by atoms with van der Waals surface area (Å²) in [7, 11) is -4.02. The molecule has 2 fully saturated rings. The first-order valence-corrected chi connectivity index (χ1v) is 15.2. The zero-order valence-corrected chi connectivity index (χ0v) is 23.5. The molecular formula is C28H33N7O4S. The summed E-state index contributed by atoms with van der Waals surface area (Å²) in [6, 6.07) is 10.9. The Morgan fingerprint density at radius 3 is 2.55 bits per heavy atom. The van der Waals surface area contributed by atoms with Gasteiger partial charge < -0.3 is 10.2 Å². The lowest BCUT2D eigenvalue weighted by atomic mass is 9.93. The molecule has 210 valence electrons. The summed E-state index contributed by atoms with van der Waals surface area (Å²) < 4.78 is 28.5. The minimum atomic E-state index is -4.02. The van der Waals surface area contributed by atoms with E-state index >= 15 is 0 Å². The highest BCUT2D eigenvalue weighted by molar-refractivity contribution is 7.91. The van der Waals surface area contributed by atoms with Crippen molar-refractivity contribution in [3.63, 3.8) is 0 Å². The van der Waals surface area contributed by atoms with E-state index in [1.54, 1.807) is 31.2 Å². The second kappa shape index (κ2) is 10.3. The molecule has 0 bridgehead atoms. The van der Waals surface area contributed by atoms with Gasteiger partial charge in [0.15, 0.2) is 5.65 Å². The van der Waals surface area contributed by atoms with Crippen LogP contribution in [0.4, 0.5) is 5.69 Å². The van der Waals surface area contributed by atoms with Crippen LogP contribution < -0.4 is 15.8 Å². The zero-order valence-electron chi connectivity index (χ0n) is 22.7. The number of aromatic amines is 1. The second-order valence-corrected chi connectivity index (χ2v) is 12.7. The van der Waals surface area contributed by atoms with Crippen molar-refractivity contribution >= 4 is 38.0 Å². The van der Waals surface area contributed by atoms with Crippen LogP contribution >= 0.6 is 0 Å². The predicted molar refractivity (Wildman–Crippen MR) is 152 cm³/mol. The van der Waals surface area contributed by atoms with Crippen molar-refractivity contribution in [1.82, 2.24) is 30.0 Å². The molecule has 12 heteroatoms. The Bertz CT molecular complexity index is 1770. The van der Waals surface area contributed by atoms with Gasteiger partial charge in [-0.25, -0.2) is 18.1 Å². The van der Waals surface area contributed by atoms with E-state index in [4.69, 9.17) is 0 Å². The van der Waals surface area contributed by atoms with E-state index in [2.05, 4.69) is 30.4 Å². The highest BCUT2D eigenvalue weighted by atomic mass is 32.2. The monoisotopic (exact) mass is 563 g/mol. The molecule has 0 atom stereocenters. The van der Waals surface area contributed by atoms with E-state index in [0.29, 0.717) is 28.9 Å². The number of hydrogen-bond donors (Lipinski definition) is 2. The first-order chi connectivity index (χ1) is 19.2. The molecule has 40 heavy (non-hydrogen) atoms. The maximum absolute atomic E-state index is 13.5. The van der Waals surface area contributed by atoms with Crippen molar-refractivity contribution in [3.05, 3.63) is 57.9 Å². The fraction of sp³-hybridized carbons (Fsp3) is 0.429. The number of carbonyl (C=O) groups excluding carboxylic acids is 1. The molecule has 1 aliphatic carbocycles. The molecular weight excluding hydrogens is 530 g/mol. The van der Waals surface area contributed by atoms with E-state index < -0.39 is 15.4 Å². The van der Waals surface area contributed by atoms with Crippen LogP contribution in [-0.4, -0.2) is 77.8 Å². The molecule has 1 aliphatic heterocycles. The maximum atomic E-state index is 13.5. The van der Waals surface area contributed by atoms with Gasteiger partial charge in [-0.05, 0) is 62.9 Å². The topological polar surface area (TPSA) is 133 Å². The van der Waals surface area contributed by atoms with Crippen molar-refractivity contribution in [2.24, 2.45) is 0 Å². The predicted octanol–water partition coefficient (Wildman–Crippen LogP) is 2.20. The van der Waals surface area contributed by atoms with Crippen LogP contribution in [0.3, 0.4) is 0 Å². The molecule has 0 radical (unpaired) electrons. The lowest BCUT2D eigenvalue weighted by Gasteiger charge is -2.36. The molecule has 1 saturated heterocycles. The third kappa shape index (κ3) is 4.86. The zero-order chi connectivity index (χ0) is 28.0. The van der Waals surface area contributed by atoms with E-state index in [0.717, 1.165) is 56.8 Å². The van der Waals surface area contributed by atoms with Gasteiger partial charge in [0.25, 0.3) is 5.56 Å². The molecule has 2 aromatic carbocycles. The molecule has 3 heterocycles. The van der Waals surface area contributed by atoms with Crippen molar-refractivity contribution in [1.29, 1.82) is 0 Å². The first kappa shape index (κ1) is 26.5. The van der Waals surface area contributed by atoms with Gasteiger partial charge in [-0.1, -0.05) is 17.7 Å². The average molecular weight is 564 g/mol. The van der Waals surface area contributed by atoms with E-state index in [-0.39, 0.29) is 21.5 Å². The minimum absolute atomic E-state index is 0.0281. The molecule has 0 unspecified atom stereocenters. The van der Waals surface area contributed by atoms with Crippen LogP contribution in [0.5, 0.6) is 0 Å². The Labute approximate surface area is 232 Å². The van der Waals surface area contributed by atoms with Crippen LogP contribution in [0.25, 0.3) is 16.6 Å². The number of sulfone groups is 1. The third-order valence-electron chi connectivity index (χ3n) is 8.05. The number of rotatable bonds is 7. The van der Waals surface area contributed by atoms with Gasteiger partial charge in [0.2, 0.25) is 20.8 Å². The quantitative estimate of drug-likeness (QED) is 0.350. The molecule has 0 spiro atoms. The molecule has 1 amide bonds. The fourth-order valence-electron chi connectivity index (χ4n) is 5.52. The van der Waals surface area contributed by atoms with Crippen LogP contribution in [-0.2, 0) is 14.6 Å². The standard InChI is InChI=1S/C28H33N7O4S/c1-18-6-9-24(19(2)16-18)40(38,39)28-26-30-27(37)22-8-7-21(17-23(22)35(26)32-31-28)34-14-12-33(13-15-34)11-10-25(36)29-20-4-3-5-20/h6-9,16-17,20,32H,3-5,10-15H2,1-2H3,(H,29,36). The summed E-state index contributed by atoms with van der Waals surface area (Å²) in [5, 5.41) is 10.1. The number of hydrogen-bond acceptors (Lipinski definition) is 8. The average Bonchev–Trinajstić information content (AvgIpc) is 3.34. The SMILES string of the molecule is Cc1ccc(S(=O)(=O)c2n[nH]n3c2nc(=O)c2ccc(N4CCN(CCC(=O)NC5CCC5)CC4)cc23)c(C)c1.